The highest BCUT2D eigenvalue weighted by Gasteiger charge is 2.10. The highest BCUT2D eigenvalue weighted by molar-refractivity contribution is 9.10. The van der Waals surface area contributed by atoms with Crippen LogP contribution in [0.2, 0.25) is 0 Å². The Labute approximate surface area is 122 Å². The Balaban J connectivity index is 2.38. The van der Waals surface area contributed by atoms with Crippen LogP contribution in [0.1, 0.15) is 26.3 Å². The Morgan fingerprint density at radius 2 is 2.05 bits per heavy atom. The van der Waals surface area contributed by atoms with Crippen LogP contribution in [0, 0.1) is 11.7 Å². The molecule has 106 valence electrons. The van der Waals surface area contributed by atoms with E-state index >= 15 is 0 Å². The van der Waals surface area contributed by atoms with Gasteiger partial charge < -0.3 is 10.6 Å². The average molecular weight is 331 g/mol. The van der Waals surface area contributed by atoms with E-state index in [1.165, 1.54) is 12.1 Å². The Morgan fingerprint density at radius 1 is 1.37 bits per heavy atom. The monoisotopic (exact) mass is 330 g/mol. The molecule has 2 N–H and O–H groups in total. The van der Waals surface area contributed by atoms with E-state index in [0.717, 1.165) is 10.0 Å². The first-order valence-electron chi connectivity index (χ1n) is 6.34. The lowest BCUT2D eigenvalue weighted by Gasteiger charge is -2.17. The number of hydrogen-bond donors (Lipinski definition) is 2. The Kier molecular flexibility index (Phi) is 6.45. The van der Waals surface area contributed by atoms with Crippen molar-refractivity contribution in [1.29, 1.82) is 0 Å². The van der Waals surface area contributed by atoms with Gasteiger partial charge in [-0.2, -0.15) is 0 Å². The largest absolute Gasteiger partial charge is 0.352 e. The molecule has 0 bridgehead atoms. The van der Waals surface area contributed by atoms with Crippen molar-refractivity contribution >= 4 is 21.8 Å². The maximum atomic E-state index is 13.1. The van der Waals surface area contributed by atoms with Crippen LogP contribution >= 0.6 is 15.9 Å². The zero-order valence-electron chi connectivity index (χ0n) is 11.5. The number of carbonyl (C=O) groups excluding carboxylic acids is 1. The number of carbonyl (C=O) groups is 1. The smallest absolute Gasteiger partial charge is 0.234 e. The number of nitrogens with one attached hydrogen (secondary N) is 2. The third-order valence-electron chi connectivity index (χ3n) is 3.00. The lowest BCUT2D eigenvalue weighted by atomic mass is 10.1. The molecule has 0 aliphatic carbocycles. The van der Waals surface area contributed by atoms with Gasteiger partial charge in [0, 0.05) is 17.1 Å². The number of halogens is 2. The summed E-state index contributed by atoms with van der Waals surface area (Å²) < 4.78 is 13.9. The summed E-state index contributed by atoms with van der Waals surface area (Å²) in [6.07, 6.45) is 0. The van der Waals surface area contributed by atoms with E-state index in [-0.39, 0.29) is 24.3 Å². The summed E-state index contributed by atoms with van der Waals surface area (Å²) in [6, 6.07) is 4.65. The third kappa shape index (κ3) is 5.70. The van der Waals surface area contributed by atoms with E-state index in [9.17, 15) is 9.18 Å². The van der Waals surface area contributed by atoms with Crippen molar-refractivity contribution < 1.29 is 9.18 Å². The standard InChI is InChI=1S/C14H20BrFN2O/c1-9(2)10(3)18-14(19)8-17-7-11-6-12(16)4-5-13(11)15/h4-6,9-10,17H,7-8H2,1-3H3,(H,18,19). The molecule has 1 aromatic carbocycles. The zero-order chi connectivity index (χ0) is 14.4. The lowest BCUT2D eigenvalue weighted by Crippen LogP contribution is -2.41. The highest BCUT2D eigenvalue weighted by Crippen LogP contribution is 2.17. The van der Waals surface area contributed by atoms with Crippen LogP contribution in [-0.2, 0) is 11.3 Å². The molecule has 19 heavy (non-hydrogen) atoms. The van der Waals surface area contributed by atoms with Gasteiger partial charge in [0.15, 0.2) is 0 Å². The summed E-state index contributed by atoms with van der Waals surface area (Å²) in [5.41, 5.74) is 0.796. The van der Waals surface area contributed by atoms with Crippen LogP contribution in [0.15, 0.2) is 22.7 Å². The van der Waals surface area contributed by atoms with Gasteiger partial charge in [-0.3, -0.25) is 4.79 Å². The van der Waals surface area contributed by atoms with Crippen molar-refractivity contribution in [3.05, 3.63) is 34.1 Å². The predicted molar refractivity (Wildman–Crippen MR) is 78.2 cm³/mol. The van der Waals surface area contributed by atoms with E-state index in [1.54, 1.807) is 6.07 Å². The van der Waals surface area contributed by atoms with E-state index < -0.39 is 0 Å². The normalized spacial score (nSPS) is 12.5. The van der Waals surface area contributed by atoms with Crippen molar-refractivity contribution in [2.45, 2.75) is 33.4 Å². The van der Waals surface area contributed by atoms with Crippen LogP contribution < -0.4 is 10.6 Å². The molecule has 1 atom stereocenters. The molecule has 1 rings (SSSR count). The molecule has 1 amide bonds. The fourth-order valence-corrected chi connectivity index (χ4v) is 1.85. The van der Waals surface area contributed by atoms with Gasteiger partial charge in [-0.15, -0.1) is 0 Å². The number of hydrogen-bond acceptors (Lipinski definition) is 2. The third-order valence-corrected chi connectivity index (χ3v) is 3.77. The first-order chi connectivity index (χ1) is 8.90. The van der Waals surface area contributed by atoms with Gasteiger partial charge in [-0.1, -0.05) is 29.8 Å². The van der Waals surface area contributed by atoms with Gasteiger partial charge in [-0.05, 0) is 36.6 Å². The zero-order valence-corrected chi connectivity index (χ0v) is 13.1. The van der Waals surface area contributed by atoms with Gasteiger partial charge in [-0.25, -0.2) is 4.39 Å². The summed E-state index contributed by atoms with van der Waals surface area (Å²) >= 11 is 3.35. The molecule has 0 spiro atoms. The second-order valence-electron chi connectivity index (χ2n) is 4.94. The lowest BCUT2D eigenvalue weighted by molar-refractivity contribution is -0.121. The molecule has 1 aromatic rings. The molecule has 0 fully saturated rings. The molecule has 1 unspecified atom stereocenters. The minimum absolute atomic E-state index is 0.0475. The van der Waals surface area contributed by atoms with Crippen molar-refractivity contribution in [2.24, 2.45) is 5.92 Å². The SMILES string of the molecule is CC(C)C(C)NC(=O)CNCc1cc(F)ccc1Br. The summed E-state index contributed by atoms with van der Waals surface area (Å²) in [7, 11) is 0. The summed E-state index contributed by atoms with van der Waals surface area (Å²) in [4.78, 5) is 11.6. The molecule has 0 saturated heterocycles. The molecule has 0 radical (unpaired) electrons. The van der Waals surface area contributed by atoms with E-state index in [1.807, 2.05) is 6.92 Å². The van der Waals surface area contributed by atoms with Gasteiger partial charge in [0.1, 0.15) is 5.82 Å². The molecule has 0 aromatic heterocycles. The van der Waals surface area contributed by atoms with Gasteiger partial charge in [0.05, 0.1) is 6.54 Å². The van der Waals surface area contributed by atoms with Crippen LogP contribution in [0.25, 0.3) is 0 Å². The van der Waals surface area contributed by atoms with Crippen LogP contribution in [0.4, 0.5) is 4.39 Å². The predicted octanol–water partition coefficient (Wildman–Crippen LogP) is 2.84. The average Bonchev–Trinajstić information content (AvgIpc) is 2.33. The molecule has 0 saturated carbocycles. The number of rotatable bonds is 6. The Hall–Kier alpha value is -0.940. The molecule has 0 aliphatic rings. The highest BCUT2D eigenvalue weighted by atomic mass is 79.9. The summed E-state index contributed by atoms with van der Waals surface area (Å²) in [5.74, 6) is 0.0768. The maximum Gasteiger partial charge on any atom is 0.234 e. The first kappa shape index (κ1) is 16.1. The molecular formula is C14H20BrFN2O. The maximum absolute atomic E-state index is 13.1. The van der Waals surface area contributed by atoms with E-state index in [0.29, 0.717) is 12.5 Å². The second kappa shape index (κ2) is 7.60. The Bertz CT molecular complexity index is 437. The van der Waals surface area contributed by atoms with Crippen molar-refractivity contribution in [1.82, 2.24) is 10.6 Å². The molecule has 3 nitrogen and oxygen atoms in total. The van der Waals surface area contributed by atoms with Gasteiger partial charge >= 0.3 is 0 Å². The molecule has 5 heteroatoms. The summed E-state index contributed by atoms with van der Waals surface area (Å²) in [6.45, 7) is 6.76. The Morgan fingerprint density at radius 3 is 2.68 bits per heavy atom. The topological polar surface area (TPSA) is 41.1 Å². The van der Waals surface area contributed by atoms with Crippen LogP contribution in [-0.4, -0.2) is 18.5 Å². The molecule has 0 aliphatic heterocycles. The van der Waals surface area contributed by atoms with Crippen LogP contribution in [0.5, 0.6) is 0 Å². The van der Waals surface area contributed by atoms with E-state index in [2.05, 4.69) is 40.4 Å². The van der Waals surface area contributed by atoms with Crippen molar-refractivity contribution in [2.75, 3.05) is 6.54 Å². The number of amides is 1. The second-order valence-corrected chi connectivity index (χ2v) is 5.79. The fraction of sp³-hybridized carbons (Fsp3) is 0.500. The van der Waals surface area contributed by atoms with Crippen molar-refractivity contribution in [3.8, 4) is 0 Å². The van der Waals surface area contributed by atoms with Crippen molar-refractivity contribution in [3.63, 3.8) is 0 Å². The minimum Gasteiger partial charge on any atom is -0.352 e. The fourth-order valence-electron chi connectivity index (χ4n) is 1.46. The molecule has 0 heterocycles. The summed E-state index contributed by atoms with van der Waals surface area (Å²) in [5, 5.41) is 5.91. The van der Waals surface area contributed by atoms with Gasteiger partial charge in [0.25, 0.3) is 0 Å². The van der Waals surface area contributed by atoms with Gasteiger partial charge in [0.2, 0.25) is 5.91 Å². The molecular weight excluding hydrogens is 311 g/mol. The quantitative estimate of drug-likeness (QED) is 0.842. The van der Waals surface area contributed by atoms with Crippen LogP contribution in [0.3, 0.4) is 0 Å². The number of benzene rings is 1. The van der Waals surface area contributed by atoms with E-state index in [4.69, 9.17) is 0 Å². The minimum atomic E-state index is -0.280. The first-order valence-corrected chi connectivity index (χ1v) is 7.13.